The van der Waals surface area contributed by atoms with Gasteiger partial charge in [0.2, 0.25) is 5.91 Å². The van der Waals surface area contributed by atoms with E-state index in [-0.39, 0.29) is 11.7 Å². The molecule has 0 atom stereocenters. The van der Waals surface area contributed by atoms with Crippen LogP contribution >= 0.6 is 0 Å². The number of rotatable bonds is 2. The lowest BCUT2D eigenvalue weighted by Crippen LogP contribution is -2.49. The number of hydrogen-bond acceptors (Lipinski definition) is 2. The number of carbonyl (C=O) groups excluding carboxylic acids is 1. The number of nitrogens with zero attached hydrogens (tertiary/aromatic N) is 2. The molecule has 1 aromatic carbocycles. The molecule has 0 aliphatic carbocycles. The third kappa shape index (κ3) is 2.95. The van der Waals surface area contributed by atoms with Crippen LogP contribution in [0.4, 0.5) is 10.1 Å². The molecule has 2 rings (SSSR count). The minimum Gasteiger partial charge on any atom is -0.368 e. The van der Waals surface area contributed by atoms with Crippen molar-refractivity contribution >= 4 is 11.6 Å². The van der Waals surface area contributed by atoms with Crippen LogP contribution in [0.1, 0.15) is 12.5 Å². The zero-order valence-corrected chi connectivity index (χ0v) is 11.4. The Balaban J connectivity index is 2.06. The summed E-state index contributed by atoms with van der Waals surface area (Å²) < 4.78 is 13.3. The molecule has 0 spiro atoms. The highest BCUT2D eigenvalue weighted by molar-refractivity contribution is 5.92. The molecule has 1 heterocycles. The van der Waals surface area contributed by atoms with Crippen molar-refractivity contribution in [3.05, 3.63) is 41.7 Å². The zero-order valence-electron chi connectivity index (χ0n) is 11.4. The van der Waals surface area contributed by atoms with Crippen LogP contribution in [0.15, 0.2) is 30.4 Å². The molecule has 102 valence electrons. The smallest absolute Gasteiger partial charge is 0.249 e. The van der Waals surface area contributed by atoms with E-state index in [0.717, 1.165) is 24.3 Å². The van der Waals surface area contributed by atoms with Gasteiger partial charge < -0.3 is 9.80 Å². The van der Waals surface area contributed by atoms with E-state index in [2.05, 4.69) is 11.5 Å². The monoisotopic (exact) mass is 262 g/mol. The van der Waals surface area contributed by atoms with Gasteiger partial charge in [-0.05, 0) is 31.5 Å². The Kier molecular flexibility index (Phi) is 3.88. The van der Waals surface area contributed by atoms with E-state index in [0.29, 0.717) is 18.7 Å². The van der Waals surface area contributed by atoms with Gasteiger partial charge in [0.05, 0.1) is 0 Å². The molecule has 0 radical (unpaired) electrons. The van der Waals surface area contributed by atoms with Crippen LogP contribution in [0.25, 0.3) is 0 Å². The molecule has 19 heavy (non-hydrogen) atoms. The summed E-state index contributed by atoms with van der Waals surface area (Å²) in [5, 5.41) is 0. The summed E-state index contributed by atoms with van der Waals surface area (Å²) in [4.78, 5) is 15.7. The summed E-state index contributed by atoms with van der Waals surface area (Å²) in [6.07, 6.45) is 0. The van der Waals surface area contributed by atoms with Crippen molar-refractivity contribution in [1.82, 2.24) is 4.90 Å². The number of carbonyl (C=O) groups is 1. The lowest BCUT2D eigenvalue weighted by molar-refractivity contribution is -0.127. The Hall–Kier alpha value is -1.84. The third-order valence-electron chi connectivity index (χ3n) is 3.44. The van der Waals surface area contributed by atoms with Gasteiger partial charge in [-0.15, -0.1) is 0 Å². The molecule has 3 nitrogen and oxygen atoms in total. The van der Waals surface area contributed by atoms with Crippen molar-refractivity contribution in [2.45, 2.75) is 13.8 Å². The predicted octanol–water partition coefficient (Wildman–Crippen LogP) is 2.36. The highest BCUT2D eigenvalue weighted by Gasteiger charge is 2.22. The fourth-order valence-electron chi connectivity index (χ4n) is 2.34. The molecule has 0 aromatic heterocycles. The van der Waals surface area contributed by atoms with Crippen LogP contribution in [-0.2, 0) is 4.79 Å². The first kappa shape index (κ1) is 13.6. The number of aryl methyl sites for hydroxylation is 1. The summed E-state index contributed by atoms with van der Waals surface area (Å²) >= 11 is 0. The fraction of sp³-hybridized carbons (Fsp3) is 0.400. The molecule has 0 bridgehead atoms. The highest BCUT2D eigenvalue weighted by Crippen LogP contribution is 2.22. The van der Waals surface area contributed by atoms with E-state index in [1.54, 1.807) is 24.0 Å². The lowest BCUT2D eigenvalue weighted by Gasteiger charge is -2.36. The van der Waals surface area contributed by atoms with E-state index >= 15 is 0 Å². The molecule has 1 aromatic rings. The SMILES string of the molecule is C=C(C)C(=O)N1CCN(c2cc(F)ccc2C)CC1. The quantitative estimate of drug-likeness (QED) is 0.764. The number of piperazine rings is 1. The molecule has 1 fully saturated rings. The summed E-state index contributed by atoms with van der Waals surface area (Å²) in [6.45, 7) is 10.1. The second kappa shape index (κ2) is 5.43. The molecule has 1 aliphatic rings. The maximum Gasteiger partial charge on any atom is 0.249 e. The van der Waals surface area contributed by atoms with Gasteiger partial charge >= 0.3 is 0 Å². The van der Waals surface area contributed by atoms with Gasteiger partial charge in [-0.3, -0.25) is 4.79 Å². The van der Waals surface area contributed by atoms with Crippen molar-refractivity contribution in [2.24, 2.45) is 0 Å². The van der Waals surface area contributed by atoms with Crippen molar-refractivity contribution in [3.8, 4) is 0 Å². The molecule has 0 saturated carbocycles. The second-order valence-electron chi connectivity index (χ2n) is 4.99. The Morgan fingerprint density at radius 3 is 2.47 bits per heavy atom. The first-order valence-electron chi connectivity index (χ1n) is 6.45. The van der Waals surface area contributed by atoms with Crippen molar-refractivity contribution in [1.29, 1.82) is 0 Å². The first-order valence-corrected chi connectivity index (χ1v) is 6.45. The molecule has 1 saturated heterocycles. The van der Waals surface area contributed by atoms with Crippen LogP contribution in [0.2, 0.25) is 0 Å². The average Bonchev–Trinajstić information content (AvgIpc) is 2.41. The lowest BCUT2D eigenvalue weighted by atomic mass is 10.1. The fourth-order valence-corrected chi connectivity index (χ4v) is 2.34. The van der Waals surface area contributed by atoms with Crippen molar-refractivity contribution in [2.75, 3.05) is 31.1 Å². The molecular formula is C15H19FN2O. The van der Waals surface area contributed by atoms with Crippen LogP contribution in [-0.4, -0.2) is 37.0 Å². The van der Waals surface area contributed by atoms with E-state index in [4.69, 9.17) is 0 Å². The third-order valence-corrected chi connectivity index (χ3v) is 3.44. The van der Waals surface area contributed by atoms with Crippen molar-refractivity contribution < 1.29 is 9.18 Å². The highest BCUT2D eigenvalue weighted by atomic mass is 19.1. The Morgan fingerprint density at radius 1 is 1.26 bits per heavy atom. The summed E-state index contributed by atoms with van der Waals surface area (Å²) in [7, 11) is 0. The normalized spacial score (nSPS) is 15.5. The van der Waals surface area contributed by atoms with E-state index in [1.807, 2.05) is 6.92 Å². The van der Waals surface area contributed by atoms with Crippen LogP contribution in [0.3, 0.4) is 0 Å². The molecule has 4 heteroatoms. The minimum absolute atomic E-state index is 0.00983. The van der Waals surface area contributed by atoms with E-state index in [1.165, 1.54) is 6.07 Å². The Labute approximate surface area is 113 Å². The first-order chi connectivity index (χ1) is 8.99. The summed E-state index contributed by atoms with van der Waals surface area (Å²) in [5.74, 6) is -0.211. The topological polar surface area (TPSA) is 23.6 Å². The van der Waals surface area contributed by atoms with Crippen LogP contribution < -0.4 is 4.90 Å². The summed E-state index contributed by atoms with van der Waals surface area (Å²) in [5.41, 5.74) is 2.54. The van der Waals surface area contributed by atoms with Gasteiger partial charge in [0, 0.05) is 37.4 Å². The van der Waals surface area contributed by atoms with Gasteiger partial charge in [-0.25, -0.2) is 4.39 Å². The zero-order chi connectivity index (χ0) is 14.0. The number of anilines is 1. The standard InChI is InChI=1S/C15H19FN2O/c1-11(2)15(19)18-8-6-17(7-9-18)14-10-13(16)5-4-12(14)3/h4-5,10H,1,6-9H2,2-3H3. The molecule has 1 aliphatic heterocycles. The van der Waals surface area contributed by atoms with Crippen LogP contribution in [0.5, 0.6) is 0 Å². The molecule has 0 N–H and O–H groups in total. The Morgan fingerprint density at radius 2 is 1.89 bits per heavy atom. The minimum atomic E-state index is -0.221. The van der Waals surface area contributed by atoms with Crippen molar-refractivity contribution in [3.63, 3.8) is 0 Å². The molecule has 0 unspecified atom stereocenters. The van der Waals surface area contributed by atoms with E-state index < -0.39 is 0 Å². The number of benzene rings is 1. The predicted molar refractivity (Wildman–Crippen MR) is 74.7 cm³/mol. The van der Waals surface area contributed by atoms with Gasteiger partial charge in [0.15, 0.2) is 0 Å². The summed E-state index contributed by atoms with van der Waals surface area (Å²) in [6, 6.07) is 4.82. The number of amides is 1. The maximum atomic E-state index is 13.3. The molecule has 1 amide bonds. The average molecular weight is 262 g/mol. The Bertz CT molecular complexity index is 505. The largest absolute Gasteiger partial charge is 0.368 e. The van der Waals surface area contributed by atoms with E-state index in [9.17, 15) is 9.18 Å². The molecular weight excluding hydrogens is 243 g/mol. The van der Waals surface area contributed by atoms with Gasteiger partial charge in [0.1, 0.15) is 5.82 Å². The van der Waals surface area contributed by atoms with Gasteiger partial charge in [0.25, 0.3) is 0 Å². The van der Waals surface area contributed by atoms with Gasteiger partial charge in [-0.1, -0.05) is 12.6 Å². The second-order valence-corrected chi connectivity index (χ2v) is 4.99. The van der Waals surface area contributed by atoms with Gasteiger partial charge in [-0.2, -0.15) is 0 Å². The van der Waals surface area contributed by atoms with Crippen LogP contribution in [0, 0.1) is 12.7 Å². The maximum absolute atomic E-state index is 13.3. The number of hydrogen-bond donors (Lipinski definition) is 0. The number of halogens is 1.